The van der Waals surface area contributed by atoms with E-state index in [0.29, 0.717) is 0 Å². The summed E-state index contributed by atoms with van der Waals surface area (Å²) < 4.78 is 14.6. The number of pyridine rings is 1. The molecule has 0 saturated heterocycles. The fourth-order valence-electron chi connectivity index (χ4n) is 4.95. The van der Waals surface area contributed by atoms with Crippen molar-refractivity contribution in [1.29, 1.82) is 0 Å². The highest BCUT2D eigenvalue weighted by atomic mass is 32.1. The number of halogens is 1. The molecule has 36 heavy (non-hydrogen) atoms. The van der Waals surface area contributed by atoms with E-state index in [-0.39, 0.29) is 5.82 Å². The van der Waals surface area contributed by atoms with Gasteiger partial charge in [-0.2, -0.15) is 0 Å². The second kappa shape index (κ2) is 8.40. The molecule has 170 valence electrons. The third kappa shape index (κ3) is 3.57. The van der Waals surface area contributed by atoms with Gasteiger partial charge in [0.2, 0.25) is 0 Å². The molecule has 0 saturated carbocycles. The Kier molecular flexibility index (Phi) is 4.90. The normalized spacial score (nSPS) is 11.5. The van der Waals surface area contributed by atoms with Crippen LogP contribution in [0.2, 0.25) is 0 Å². The molecule has 0 spiro atoms. The van der Waals surface area contributed by atoms with E-state index < -0.39 is 0 Å². The van der Waals surface area contributed by atoms with Crippen molar-refractivity contribution in [2.24, 2.45) is 0 Å². The first kappa shape index (κ1) is 21.0. The van der Waals surface area contributed by atoms with Gasteiger partial charge in [0.15, 0.2) is 0 Å². The molecular formula is C33H20FNS. The van der Waals surface area contributed by atoms with Gasteiger partial charge in [0.05, 0.1) is 0 Å². The Morgan fingerprint density at radius 2 is 1.11 bits per heavy atom. The maximum Gasteiger partial charge on any atom is 0.124 e. The maximum atomic E-state index is 13.3. The Morgan fingerprint density at radius 3 is 1.81 bits per heavy atom. The molecule has 3 heteroatoms. The summed E-state index contributed by atoms with van der Waals surface area (Å²) in [5, 5.41) is 4.83. The minimum Gasteiger partial charge on any atom is -0.245 e. The van der Waals surface area contributed by atoms with Crippen LogP contribution in [0.15, 0.2) is 121 Å². The van der Waals surface area contributed by atoms with Gasteiger partial charge in [0.25, 0.3) is 0 Å². The fraction of sp³-hybridized carbons (Fsp3) is 0. The summed E-state index contributed by atoms with van der Waals surface area (Å²) in [7, 11) is 0. The molecule has 0 fully saturated rings. The van der Waals surface area contributed by atoms with E-state index in [9.17, 15) is 4.39 Å². The van der Waals surface area contributed by atoms with Crippen LogP contribution in [-0.4, -0.2) is 4.98 Å². The maximum absolute atomic E-state index is 13.3. The molecule has 0 radical (unpaired) electrons. The molecule has 1 nitrogen and oxygen atoms in total. The summed E-state index contributed by atoms with van der Waals surface area (Å²) in [6.07, 6.45) is 1.86. The van der Waals surface area contributed by atoms with Crippen molar-refractivity contribution in [2.75, 3.05) is 0 Å². The fourth-order valence-corrected chi connectivity index (χ4v) is 6.13. The number of aromatic nitrogens is 1. The third-order valence-corrected chi connectivity index (χ3v) is 7.98. The number of fused-ring (bicyclic) bond motifs is 4. The van der Waals surface area contributed by atoms with E-state index in [2.05, 4.69) is 89.9 Å². The second-order valence-electron chi connectivity index (χ2n) is 9.00. The summed E-state index contributed by atoms with van der Waals surface area (Å²) in [5.41, 5.74) is 6.93. The second-order valence-corrected chi connectivity index (χ2v) is 10.0. The lowest BCUT2D eigenvalue weighted by molar-refractivity contribution is 0.628. The van der Waals surface area contributed by atoms with Crippen LogP contribution in [0, 0.1) is 5.82 Å². The third-order valence-electron chi connectivity index (χ3n) is 6.82. The predicted octanol–water partition coefficient (Wildman–Crippen LogP) is 9.74. The van der Waals surface area contributed by atoms with Gasteiger partial charge < -0.3 is 0 Å². The molecule has 0 aliphatic rings. The van der Waals surface area contributed by atoms with Gasteiger partial charge >= 0.3 is 0 Å². The van der Waals surface area contributed by atoms with E-state index in [1.165, 1.54) is 60.6 Å². The molecule has 5 aromatic carbocycles. The SMILES string of the molecule is Fc1ccc(-c2ccc3cc(-c4ccc(-c5cccc6c5sc5ncccc56)cc4)ccc3c2)cc1. The number of thiophene rings is 1. The van der Waals surface area contributed by atoms with Gasteiger partial charge in [-0.05, 0) is 80.6 Å². The molecule has 0 bridgehead atoms. The number of hydrogen-bond acceptors (Lipinski definition) is 2. The molecule has 0 aliphatic carbocycles. The highest BCUT2D eigenvalue weighted by molar-refractivity contribution is 7.26. The van der Waals surface area contributed by atoms with Crippen molar-refractivity contribution in [2.45, 2.75) is 0 Å². The average Bonchev–Trinajstić information content (AvgIpc) is 3.32. The van der Waals surface area contributed by atoms with Crippen LogP contribution in [0.5, 0.6) is 0 Å². The Labute approximate surface area is 212 Å². The van der Waals surface area contributed by atoms with Gasteiger partial charge in [-0.3, -0.25) is 0 Å². The predicted molar refractivity (Wildman–Crippen MR) is 151 cm³/mol. The van der Waals surface area contributed by atoms with Crippen molar-refractivity contribution in [3.05, 3.63) is 127 Å². The molecule has 0 amide bonds. The summed E-state index contributed by atoms with van der Waals surface area (Å²) in [4.78, 5) is 5.64. The standard InChI is InChI=1S/C33H20FNS/c34-28-16-14-22(15-17-28)25-11-13-26-19-24(10-12-27(26)20-25)21-6-8-23(9-7-21)29-3-1-4-30-31-5-2-18-35-33(31)36-32(29)30/h1-20H. The Hall–Kier alpha value is -4.34. The number of nitrogens with zero attached hydrogens (tertiary/aromatic N) is 1. The van der Waals surface area contributed by atoms with Crippen LogP contribution in [0.1, 0.15) is 0 Å². The summed E-state index contributed by atoms with van der Waals surface area (Å²) in [6.45, 7) is 0. The van der Waals surface area contributed by atoms with Gasteiger partial charge in [0.1, 0.15) is 10.6 Å². The highest BCUT2D eigenvalue weighted by Gasteiger charge is 2.11. The van der Waals surface area contributed by atoms with Crippen LogP contribution in [0.3, 0.4) is 0 Å². The minimum atomic E-state index is -0.215. The molecule has 7 rings (SSSR count). The first-order chi connectivity index (χ1) is 17.7. The van der Waals surface area contributed by atoms with E-state index in [4.69, 9.17) is 0 Å². The van der Waals surface area contributed by atoms with Gasteiger partial charge in [-0.1, -0.05) is 78.9 Å². The smallest absolute Gasteiger partial charge is 0.124 e. The zero-order valence-electron chi connectivity index (χ0n) is 19.3. The summed E-state index contributed by atoms with van der Waals surface area (Å²) >= 11 is 1.76. The quantitative estimate of drug-likeness (QED) is 0.245. The Balaban J connectivity index is 1.23. The van der Waals surface area contributed by atoms with Crippen molar-refractivity contribution in [3.8, 4) is 33.4 Å². The van der Waals surface area contributed by atoms with Crippen molar-refractivity contribution in [1.82, 2.24) is 4.98 Å². The Bertz CT molecular complexity index is 1880. The lowest BCUT2D eigenvalue weighted by atomic mass is 9.96. The van der Waals surface area contributed by atoms with Crippen LogP contribution < -0.4 is 0 Å². The molecule has 0 aliphatic heterocycles. The lowest BCUT2D eigenvalue weighted by Gasteiger charge is -2.09. The van der Waals surface area contributed by atoms with E-state index in [1.807, 2.05) is 24.4 Å². The van der Waals surface area contributed by atoms with Crippen LogP contribution >= 0.6 is 11.3 Å². The van der Waals surface area contributed by atoms with Gasteiger partial charge in [-0.15, -0.1) is 11.3 Å². The van der Waals surface area contributed by atoms with Crippen molar-refractivity contribution in [3.63, 3.8) is 0 Å². The van der Waals surface area contributed by atoms with Crippen LogP contribution in [0.4, 0.5) is 4.39 Å². The van der Waals surface area contributed by atoms with E-state index in [0.717, 1.165) is 16.0 Å². The average molecular weight is 482 g/mol. The molecule has 2 heterocycles. The van der Waals surface area contributed by atoms with Crippen LogP contribution in [0.25, 0.3) is 64.5 Å². The topological polar surface area (TPSA) is 12.9 Å². The van der Waals surface area contributed by atoms with Crippen molar-refractivity contribution >= 4 is 42.4 Å². The zero-order chi connectivity index (χ0) is 24.1. The van der Waals surface area contributed by atoms with Crippen molar-refractivity contribution < 1.29 is 4.39 Å². The highest BCUT2D eigenvalue weighted by Crippen LogP contribution is 2.39. The van der Waals surface area contributed by atoms with E-state index >= 15 is 0 Å². The molecule has 2 aromatic heterocycles. The van der Waals surface area contributed by atoms with Crippen LogP contribution in [-0.2, 0) is 0 Å². The minimum absolute atomic E-state index is 0.215. The Morgan fingerprint density at radius 1 is 0.528 bits per heavy atom. The number of benzene rings is 5. The zero-order valence-corrected chi connectivity index (χ0v) is 20.1. The molecule has 0 N–H and O–H groups in total. The monoisotopic (exact) mass is 481 g/mol. The molecular weight excluding hydrogens is 461 g/mol. The molecule has 0 atom stereocenters. The largest absolute Gasteiger partial charge is 0.245 e. The number of rotatable bonds is 3. The first-order valence-electron chi connectivity index (χ1n) is 11.9. The number of hydrogen-bond donors (Lipinski definition) is 0. The molecule has 0 unspecified atom stereocenters. The summed E-state index contributed by atoms with van der Waals surface area (Å²) in [6, 6.07) is 39.1. The summed E-state index contributed by atoms with van der Waals surface area (Å²) in [5.74, 6) is -0.215. The van der Waals surface area contributed by atoms with Gasteiger partial charge in [-0.25, -0.2) is 9.37 Å². The lowest BCUT2D eigenvalue weighted by Crippen LogP contribution is -1.83. The molecule has 7 aromatic rings. The first-order valence-corrected chi connectivity index (χ1v) is 12.7. The van der Waals surface area contributed by atoms with E-state index in [1.54, 1.807) is 11.3 Å². The van der Waals surface area contributed by atoms with Gasteiger partial charge in [0, 0.05) is 21.7 Å².